The maximum atomic E-state index is 11.2. The normalized spacial score (nSPS) is 10.1. The predicted molar refractivity (Wildman–Crippen MR) is 80.3 cm³/mol. The summed E-state index contributed by atoms with van der Waals surface area (Å²) in [5, 5.41) is 17.0. The molecule has 0 amide bonds. The fourth-order valence-corrected chi connectivity index (χ4v) is 1.87. The summed E-state index contributed by atoms with van der Waals surface area (Å²) < 4.78 is 0.925. The summed E-state index contributed by atoms with van der Waals surface area (Å²) in [6, 6.07) is 7.26. The number of rotatable bonds is 5. The zero-order valence-corrected chi connectivity index (χ0v) is 12.2. The van der Waals surface area contributed by atoms with Crippen molar-refractivity contribution in [2.75, 3.05) is 17.2 Å². The van der Waals surface area contributed by atoms with Crippen LogP contribution in [0.25, 0.3) is 0 Å². The third-order valence-electron chi connectivity index (χ3n) is 2.46. The summed E-state index contributed by atoms with van der Waals surface area (Å²) >= 11 is 3.33. The minimum atomic E-state index is -0.501. The second kappa shape index (κ2) is 6.29. The SMILES string of the molecule is CCNc1ncnc(Nc2ccc(Br)cc2)c1[N+](=O)[O-]. The minimum Gasteiger partial charge on any atom is -0.364 e. The average Bonchev–Trinajstić information content (AvgIpc) is 2.41. The number of aromatic nitrogens is 2. The topological polar surface area (TPSA) is 93.0 Å². The largest absolute Gasteiger partial charge is 0.364 e. The zero-order valence-electron chi connectivity index (χ0n) is 10.6. The number of halogens is 1. The Kier molecular flexibility index (Phi) is 4.46. The van der Waals surface area contributed by atoms with Crippen LogP contribution in [-0.2, 0) is 0 Å². The first-order valence-corrected chi connectivity index (χ1v) is 6.67. The molecule has 0 unspecified atom stereocenters. The van der Waals surface area contributed by atoms with Gasteiger partial charge in [0.05, 0.1) is 4.92 Å². The first kappa shape index (κ1) is 14.2. The lowest BCUT2D eigenvalue weighted by Crippen LogP contribution is -2.07. The molecule has 0 spiro atoms. The van der Waals surface area contributed by atoms with E-state index in [2.05, 4.69) is 36.5 Å². The van der Waals surface area contributed by atoms with Gasteiger partial charge in [0.1, 0.15) is 6.33 Å². The van der Waals surface area contributed by atoms with E-state index in [1.54, 1.807) is 12.1 Å². The van der Waals surface area contributed by atoms with E-state index in [-0.39, 0.29) is 17.3 Å². The number of nitro groups is 1. The molecule has 7 nitrogen and oxygen atoms in total. The van der Waals surface area contributed by atoms with E-state index in [1.807, 2.05) is 19.1 Å². The van der Waals surface area contributed by atoms with Gasteiger partial charge in [0.2, 0.25) is 11.6 Å². The van der Waals surface area contributed by atoms with Gasteiger partial charge >= 0.3 is 5.69 Å². The first-order valence-electron chi connectivity index (χ1n) is 5.87. The van der Waals surface area contributed by atoms with E-state index in [4.69, 9.17) is 0 Å². The third-order valence-corrected chi connectivity index (χ3v) is 2.98. The highest BCUT2D eigenvalue weighted by molar-refractivity contribution is 9.10. The Labute approximate surface area is 123 Å². The molecule has 0 radical (unpaired) electrons. The molecule has 0 fully saturated rings. The minimum absolute atomic E-state index is 0.156. The van der Waals surface area contributed by atoms with E-state index < -0.39 is 4.92 Å². The summed E-state index contributed by atoms with van der Waals surface area (Å²) in [7, 11) is 0. The molecule has 0 bridgehead atoms. The van der Waals surface area contributed by atoms with Crippen molar-refractivity contribution < 1.29 is 4.92 Å². The van der Waals surface area contributed by atoms with Crippen molar-refractivity contribution in [1.29, 1.82) is 0 Å². The Hall–Kier alpha value is -2.22. The monoisotopic (exact) mass is 337 g/mol. The Bertz CT molecular complexity index is 618. The lowest BCUT2D eigenvalue weighted by atomic mass is 10.3. The number of anilines is 3. The van der Waals surface area contributed by atoms with Crippen molar-refractivity contribution in [3.63, 3.8) is 0 Å². The highest BCUT2D eigenvalue weighted by Crippen LogP contribution is 2.31. The maximum Gasteiger partial charge on any atom is 0.353 e. The average molecular weight is 338 g/mol. The fraction of sp³-hybridized carbons (Fsp3) is 0.167. The first-order chi connectivity index (χ1) is 9.61. The van der Waals surface area contributed by atoms with Crippen LogP contribution in [0.5, 0.6) is 0 Å². The van der Waals surface area contributed by atoms with E-state index in [0.29, 0.717) is 12.2 Å². The Morgan fingerprint density at radius 3 is 2.50 bits per heavy atom. The summed E-state index contributed by atoms with van der Waals surface area (Å²) in [6.07, 6.45) is 1.28. The van der Waals surface area contributed by atoms with E-state index >= 15 is 0 Å². The third kappa shape index (κ3) is 3.21. The lowest BCUT2D eigenvalue weighted by Gasteiger charge is -2.09. The van der Waals surface area contributed by atoms with Crippen molar-refractivity contribution >= 4 is 38.9 Å². The van der Waals surface area contributed by atoms with E-state index in [1.165, 1.54) is 6.33 Å². The highest BCUT2D eigenvalue weighted by Gasteiger charge is 2.22. The number of hydrogen-bond acceptors (Lipinski definition) is 6. The molecule has 0 atom stereocenters. The molecule has 8 heteroatoms. The van der Waals surface area contributed by atoms with E-state index in [9.17, 15) is 10.1 Å². The van der Waals surface area contributed by atoms with Crippen molar-refractivity contribution in [3.8, 4) is 0 Å². The van der Waals surface area contributed by atoms with Gasteiger partial charge in [-0.1, -0.05) is 15.9 Å². The Morgan fingerprint density at radius 1 is 1.25 bits per heavy atom. The second-order valence-corrected chi connectivity index (χ2v) is 4.75. The molecule has 104 valence electrons. The molecule has 0 aliphatic heterocycles. The van der Waals surface area contributed by atoms with Gasteiger partial charge in [-0.2, -0.15) is 0 Å². The van der Waals surface area contributed by atoms with Crippen LogP contribution in [0, 0.1) is 10.1 Å². The van der Waals surface area contributed by atoms with Gasteiger partial charge in [-0.15, -0.1) is 0 Å². The van der Waals surface area contributed by atoms with Crippen LogP contribution in [0.1, 0.15) is 6.92 Å². The van der Waals surface area contributed by atoms with Gasteiger partial charge in [0.25, 0.3) is 0 Å². The Morgan fingerprint density at radius 2 is 1.90 bits per heavy atom. The molecule has 1 heterocycles. The van der Waals surface area contributed by atoms with Gasteiger partial charge < -0.3 is 10.6 Å². The number of benzene rings is 1. The van der Waals surface area contributed by atoms with Gasteiger partial charge in [-0.25, -0.2) is 9.97 Å². The molecule has 1 aromatic heterocycles. The molecule has 2 N–H and O–H groups in total. The quantitative estimate of drug-likeness (QED) is 0.642. The van der Waals surface area contributed by atoms with Crippen LogP contribution >= 0.6 is 15.9 Å². The van der Waals surface area contributed by atoms with Crippen molar-refractivity contribution in [2.24, 2.45) is 0 Å². The van der Waals surface area contributed by atoms with Crippen LogP contribution in [0.15, 0.2) is 35.1 Å². The molecular weight excluding hydrogens is 326 g/mol. The van der Waals surface area contributed by atoms with Crippen LogP contribution in [0.2, 0.25) is 0 Å². The molecule has 2 rings (SSSR count). The molecule has 0 saturated carbocycles. The molecule has 0 aliphatic carbocycles. The maximum absolute atomic E-state index is 11.2. The van der Waals surface area contributed by atoms with Crippen LogP contribution in [0.3, 0.4) is 0 Å². The van der Waals surface area contributed by atoms with Gasteiger partial charge in [0, 0.05) is 16.7 Å². The standard InChI is InChI=1S/C12H12BrN5O2/c1-2-14-11-10(18(19)20)12(16-7-15-11)17-9-5-3-8(13)4-6-9/h3-7H,2H2,1H3,(H2,14,15,16,17). The second-order valence-electron chi connectivity index (χ2n) is 3.84. The summed E-state index contributed by atoms with van der Waals surface area (Å²) in [5.41, 5.74) is 0.537. The van der Waals surface area contributed by atoms with Crippen LogP contribution < -0.4 is 10.6 Å². The number of nitrogens with zero attached hydrogens (tertiary/aromatic N) is 3. The molecule has 1 aromatic carbocycles. The lowest BCUT2D eigenvalue weighted by molar-refractivity contribution is -0.383. The van der Waals surface area contributed by atoms with Crippen LogP contribution in [-0.4, -0.2) is 21.4 Å². The summed E-state index contributed by atoms with van der Waals surface area (Å²) in [6.45, 7) is 2.38. The van der Waals surface area contributed by atoms with Gasteiger partial charge in [-0.3, -0.25) is 10.1 Å². The van der Waals surface area contributed by atoms with Crippen molar-refractivity contribution in [2.45, 2.75) is 6.92 Å². The smallest absolute Gasteiger partial charge is 0.353 e. The molecule has 0 saturated heterocycles. The van der Waals surface area contributed by atoms with Crippen molar-refractivity contribution in [3.05, 3.63) is 45.2 Å². The number of nitrogens with one attached hydrogen (secondary N) is 2. The molecular formula is C12H12BrN5O2. The zero-order chi connectivity index (χ0) is 14.5. The van der Waals surface area contributed by atoms with E-state index in [0.717, 1.165) is 4.47 Å². The van der Waals surface area contributed by atoms with Crippen molar-refractivity contribution in [1.82, 2.24) is 9.97 Å². The highest BCUT2D eigenvalue weighted by atomic mass is 79.9. The molecule has 2 aromatic rings. The summed E-state index contributed by atoms with van der Waals surface area (Å²) in [4.78, 5) is 18.5. The van der Waals surface area contributed by atoms with Gasteiger partial charge in [0.15, 0.2) is 0 Å². The predicted octanol–water partition coefficient (Wildman–Crippen LogP) is 3.32. The molecule has 20 heavy (non-hydrogen) atoms. The Balaban J connectivity index is 2.37. The fourth-order valence-electron chi connectivity index (χ4n) is 1.61. The van der Waals surface area contributed by atoms with Crippen LogP contribution in [0.4, 0.5) is 23.0 Å². The number of hydrogen-bond donors (Lipinski definition) is 2. The van der Waals surface area contributed by atoms with Gasteiger partial charge in [-0.05, 0) is 31.2 Å². The molecule has 0 aliphatic rings. The summed E-state index contributed by atoms with van der Waals surface area (Å²) in [5.74, 6) is 0.357.